The Morgan fingerprint density at radius 2 is 1.94 bits per heavy atom. The molecule has 0 saturated heterocycles. The van der Waals surface area contributed by atoms with E-state index < -0.39 is 0 Å². The number of hydrogen-bond acceptors (Lipinski definition) is 4. The smallest absolute Gasteiger partial charge is 0.269 e. The van der Waals surface area contributed by atoms with E-state index in [4.69, 9.17) is 17.3 Å². The van der Waals surface area contributed by atoms with Crippen molar-refractivity contribution in [1.82, 2.24) is 15.3 Å². The van der Waals surface area contributed by atoms with E-state index in [-0.39, 0.29) is 17.5 Å². The number of hydrogen-bond donors (Lipinski definition) is 2. The molecule has 1 heterocycles. The average Bonchev–Trinajstić information content (AvgIpc) is 2.38. The van der Waals surface area contributed by atoms with E-state index in [0.717, 1.165) is 5.56 Å². The molecule has 3 N–H and O–H groups in total. The van der Waals surface area contributed by atoms with Crippen LogP contribution < -0.4 is 11.1 Å². The van der Waals surface area contributed by atoms with E-state index in [2.05, 4.69) is 15.3 Å². The van der Waals surface area contributed by atoms with Crippen molar-refractivity contribution in [2.45, 2.75) is 0 Å². The average molecular weight is 263 g/mol. The summed E-state index contributed by atoms with van der Waals surface area (Å²) in [5.41, 5.74) is 7.22. The van der Waals surface area contributed by atoms with Gasteiger partial charge in [0.25, 0.3) is 5.91 Å². The lowest BCUT2D eigenvalue weighted by Gasteiger charge is -2.05. The highest BCUT2D eigenvalue weighted by molar-refractivity contribution is 6.30. The molecule has 0 saturated carbocycles. The van der Waals surface area contributed by atoms with Gasteiger partial charge in [-0.1, -0.05) is 23.7 Å². The van der Waals surface area contributed by atoms with Crippen molar-refractivity contribution in [3.63, 3.8) is 0 Å². The van der Waals surface area contributed by atoms with Crippen LogP contribution in [-0.2, 0) is 0 Å². The Kier molecular flexibility index (Phi) is 3.43. The zero-order chi connectivity index (χ0) is 13.1. The van der Waals surface area contributed by atoms with Gasteiger partial charge in [0.15, 0.2) is 0 Å². The molecule has 0 bridgehead atoms. The van der Waals surface area contributed by atoms with E-state index in [9.17, 15) is 4.79 Å². The van der Waals surface area contributed by atoms with Gasteiger partial charge in [0.05, 0.1) is 5.69 Å². The SMILES string of the molecule is CNC(=O)c1cc(-c2ccc(Cl)cc2)nc(N)n1. The molecule has 1 amide bonds. The van der Waals surface area contributed by atoms with Crippen molar-refractivity contribution < 1.29 is 4.79 Å². The van der Waals surface area contributed by atoms with E-state index in [1.54, 1.807) is 30.3 Å². The van der Waals surface area contributed by atoms with Crippen LogP contribution in [0.4, 0.5) is 5.95 Å². The second kappa shape index (κ2) is 5.01. The fraction of sp³-hybridized carbons (Fsp3) is 0.0833. The van der Waals surface area contributed by atoms with Gasteiger partial charge >= 0.3 is 0 Å². The molecule has 0 aliphatic rings. The molecule has 1 aromatic carbocycles. The van der Waals surface area contributed by atoms with Crippen LogP contribution in [-0.4, -0.2) is 22.9 Å². The van der Waals surface area contributed by atoms with Crippen LogP contribution in [0.1, 0.15) is 10.5 Å². The van der Waals surface area contributed by atoms with Crippen LogP contribution in [0.3, 0.4) is 0 Å². The van der Waals surface area contributed by atoms with Crippen molar-refractivity contribution in [3.05, 3.63) is 41.0 Å². The second-order valence-electron chi connectivity index (χ2n) is 3.58. The monoisotopic (exact) mass is 262 g/mol. The van der Waals surface area contributed by atoms with Gasteiger partial charge in [-0.05, 0) is 18.2 Å². The summed E-state index contributed by atoms with van der Waals surface area (Å²) in [6.45, 7) is 0. The van der Waals surface area contributed by atoms with E-state index in [0.29, 0.717) is 10.7 Å². The zero-order valence-corrected chi connectivity index (χ0v) is 10.4. The number of anilines is 1. The summed E-state index contributed by atoms with van der Waals surface area (Å²) in [6.07, 6.45) is 0. The lowest BCUT2D eigenvalue weighted by atomic mass is 10.1. The number of carbonyl (C=O) groups is 1. The van der Waals surface area contributed by atoms with Gasteiger partial charge in [0.1, 0.15) is 5.69 Å². The van der Waals surface area contributed by atoms with Crippen molar-refractivity contribution in [2.24, 2.45) is 0 Å². The third-order valence-corrected chi connectivity index (χ3v) is 2.60. The standard InChI is InChI=1S/C12H11ClN4O/c1-15-11(18)10-6-9(16-12(14)17-10)7-2-4-8(13)5-3-7/h2-6H,1H3,(H,15,18)(H2,14,16,17). The van der Waals surface area contributed by atoms with Gasteiger partial charge in [-0.15, -0.1) is 0 Å². The van der Waals surface area contributed by atoms with Crippen LogP contribution >= 0.6 is 11.6 Å². The third-order valence-electron chi connectivity index (χ3n) is 2.34. The molecule has 0 radical (unpaired) electrons. The normalized spacial score (nSPS) is 10.1. The summed E-state index contributed by atoms with van der Waals surface area (Å²) < 4.78 is 0. The maximum absolute atomic E-state index is 11.5. The van der Waals surface area contributed by atoms with Crippen LogP contribution in [0, 0.1) is 0 Å². The largest absolute Gasteiger partial charge is 0.368 e. The van der Waals surface area contributed by atoms with Gasteiger partial charge in [0.2, 0.25) is 5.95 Å². The molecule has 0 aliphatic heterocycles. The highest BCUT2D eigenvalue weighted by atomic mass is 35.5. The Morgan fingerprint density at radius 3 is 2.56 bits per heavy atom. The highest BCUT2D eigenvalue weighted by Crippen LogP contribution is 2.20. The number of nitrogens with zero attached hydrogens (tertiary/aromatic N) is 2. The van der Waals surface area contributed by atoms with Gasteiger partial charge in [-0.2, -0.15) is 0 Å². The molecule has 2 rings (SSSR count). The molecule has 0 fully saturated rings. The van der Waals surface area contributed by atoms with E-state index in [1.165, 1.54) is 7.05 Å². The first-order chi connectivity index (χ1) is 8.60. The fourth-order valence-corrected chi connectivity index (χ4v) is 1.60. The number of rotatable bonds is 2. The summed E-state index contributed by atoms with van der Waals surface area (Å²) in [5, 5.41) is 3.12. The molecular formula is C12H11ClN4O. The molecule has 5 nitrogen and oxygen atoms in total. The summed E-state index contributed by atoms with van der Waals surface area (Å²) in [7, 11) is 1.53. The molecular weight excluding hydrogens is 252 g/mol. The third kappa shape index (κ3) is 2.57. The number of nitrogens with two attached hydrogens (primary N) is 1. The first kappa shape index (κ1) is 12.3. The van der Waals surface area contributed by atoms with Gasteiger partial charge in [0, 0.05) is 17.6 Å². The Balaban J connectivity index is 2.48. The lowest BCUT2D eigenvalue weighted by Crippen LogP contribution is -2.20. The van der Waals surface area contributed by atoms with Gasteiger partial charge < -0.3 is 11.1 Å². The Bertz CT molecular complexity index is 583. The minimum Gasteiger partial charge on any atom is -0.368 e. The highest BCUT2D eigenvalue weighted by Gasteiger charge is 2.10. The molecule has 92 valence electrons. The van der Waals surface area contributed by atoms with E-state index in [1.807, 2.05) is 0 Å². The fourth-order valence-electron chi connectivity index (χ4n) is 1.48. The summed E-state index contributed by atoms with van der Waals surface area (Å²) in [6, 6.07) is 8.68. The van der Waals surface area contributed by atoms with Crippen LogP contribution in [0.2, 0.25) is 5.02 Å². The second-order valence-corrected chi connectivity index (χ2v) is 4.02. The lowest BCUT2D eigenvalue weighted by molar-refractivity contribution is 0.0958. The van der Waals surface area contributed by atoms with Crippen LogP contribution in [0.15, 0.2) is 30.3 Å². The first-order valence-corrected chi connectivity index (χ1v) is 5.60. The topological polar surface area (TPSA) is 80.9 Å². The number of nitrogen functional groups attached to an aromatic ring is 1. The Labute approximate surface area is 109 Å². The minimum atomic E-state index is -0.306. The van der Waals surface area contributed by atoms with Crippen LogP contribution in [0.25, 0.3) is 11.3 Å². The van der Waals surface area contributed by atoms with Crippen molar-refractivity contribution in [1.29, 1.82) is 0 Å². The summed E-state index contributed by atoms with van der Waals surface area (Å²) in [5.74, 6) is -0.250. The molecule has 2 aromatic rings. The van der Waals surface area contributed by atoms with Crippen molar-refractivity contribution in [3.8, 4) is 11.3 Å². The number of nitrogens with one attached hydrogen (secondary N) is 1. The minimum absolute atomic E-state index is 0.0565. The molecule has 0 atom stereocenters. The summed E-state index contributed by atoms with van der Waals surface area (Å²) >= 11 is 5.81. The molecule has 0 unspecified atom stereocenters. The Morgan fingerprint density at radius 1 is 1.28 bits per heavy atom. The number of carbonyl (C=O) groups excluding carboxylic acids is 1. The number of aromatic nitrogens is 2. The van der Waals surface area contributed by atoms with E-state index >= 15 is 0 Å². The van der Waals surface area contributed by atoms with Gasteiger partial charge in [-0.25, -0.2) is 9.97 Å². The zero-order valence-electron chi connectivity index (χ0n) is 9.64. The molecule has 0 aliphatic carbocycles. The number of benzene rings is 1. The summed E-state index contributed by atoms with van der Waals surface area (Å²) in [4.78, 5) is 19.5. The van der Waals surface area contributed by atoms with Gasteiger partial charge in [-0.3, -0.25) is 4.79 Å². The first-order valence-electron chi connectivity index (χ1n) is 5.22. The molecule has 1 aromatic heterocycles. The molecule has 18 heavy (non-hydrogen) atoms. The van der Waals surface area contributed by atoms with Crippen LogP contribution in [0.5, 0.6) is 0 Å². The maximum Gasteiger partial charge on any atom is 0.269 e. The van der Waals surface area contributed by atoms with Crippen molar-refractivity contribution >= 4 is 23.5 Å². The predicted octanol–water partition coefficient (Wildman–Crippen LogP) is 1.74. The Hall–Kier alpha value is -2.14. The quantitative estimate of drug-likeness (QED) is 0.864. The predicted molar refractivity (Wildman–Crippen MR) is 70.3 cm³/mol. The molecule has 6 heteroatoms. The molecule has 0 spiro atoms. The number of amides is 1. The van der Waals surface area contributed by atoms with Crippen molar-refractivity contribution in [2.75, 3.05) is 12.8 Å². The maximum atomic E-state index is 11.5. The number of halogens is 1.